The number of ether oxygens (including phenoxy) is 1. The molecule has 0 aliphatic heterocycles. The zero-order valence-corrected chi connectivity index (χ0v) is 13.2. The molecular formula is C18H29NO. The molecule has 2 nitrogen and oxygen atoms in total. The van der Waals surface area contributed by atoms with E-state index in [4.69, 9.17) is 4.74 Å². The summed E-state index contributed by atoms with van der Waals surface area (Å²) in [5.41, 5.74) is 1.79. The van der Waals surface area contributed by atoms with Gasteiger partial charge in [-0.2, -0.15) is 0 Å². The third-order valence-corrected chi connectivity index (χ3v) is 4.50. The number of rotatable bonds is 7. The zero-order chi connectivity index (χ0) is 14.4. The zero-order valence-electron chi connectivity index (χ0n) is 13.2. The van der Waals surface area contributed by atoms with Crippen molar-refractivity contribution in [3.63, 3.8) is 0 Å². The predicted molar refractivity (Wildman–Crippen MR) is 85.1 cm³/mol. The number of unbranched alkanes of at least 4 members (excludes halogenated alkanes) is 1. The summed E-state index contributed by atoms with van der Waals surface area (Å²) in [5, 5.41) is 3.72. The first kappa shape index (κ1) is 15.4. The van der Waals surface area contributed by atoms with Gasteiger partial charge < -0.3 is 10.1 Å². The van der Waals surface area contributed by atoms with E-state index in [0.29, 0.717) is 11.5 Å². The Morgan fingerprint density at radius 2 is 2.00 bits per heavy atom. The van der Waals surface area contributed by atoms with E-state index in [9.17, 15) is 0 Å². The molecule has 2 heteroatoms. The monoisotopic (exact) mass is 275 g/mol. The van der Waals surface area contributed by atoms with Gasteiger partial charge in [0, 0.05) is 12.6 Å². The molecule has 0 radical (unpaired) electrons. The van der Waals surface area contributed by atoms with E-state index in [2.05, 4.69) is 50.4 Å². The van der Waals surface area contributed by atoms with E-state index in [1.165, 1.54) is 31.2 Å². The molecule has 0 spiro atoms. The normalized spacial score (nSPS) is 21.1. The number of hydrogen-bond donors (Lipinski definition) is 1. The van der Waals surface area contributed by atoms with Crippen molar-refractivity contribution in [3.05, 3.63) is 29.8 Å². The lowest BCUT2D eigenvalue weighted by molar-refractivity contribution is 0.282. The smallest absolute Gasteiger partial charge is 0.119 e. The fourth-order valence-corrected chi connectivity index (χ4v) is 2.98. The largest absolute Gasteiger partial charge is 0.494 e. The summed E-state index contributed by atoms with van der Waals surface area (Å²) in [6.45, 7) is 8.72. The molecule has 1 aliphatic carbocycles. The van der Waals surface area contributed by atoms with Crippen LogP contribution in [0.5, 0.6) is 5.75 Å². The highest BCUT2D eigenvalue weighted by Crippen LogP contribution is 2.37. The molecule has 0 saturated heterocycles. The predicted octanol–water partition coefficient (Wildman–Crippen LogP) is 4.53. The van der Waals surface area contributed by atoms with Crippen LogP contribution in [0.1, 0.15) is 58.4 Å². The van der Waals surface area contributed by atoms with Crippen LogP contribution >= 0.6 is 0 Å². The molecule has 1 aromatic carbocycles. The molecule has 1 saturated carbocycles. The highest BCUT2D eigenvalue weighted by Gasteiger charge is 2.33. The van der Waals surface area contributed by atoms with Crippen LogP contribution in [0.15, 0.2) is 24.3 Å². The quantitative estimate of drug-likeness (QED) is 0.738. The van der Waals surface area contributed by atoms with E-state index in [1.54, 1.807) is 0 Å². The molecule has 2 rings (SSSR count). The van der Waals surface area contributed by atoms with Crippen LogP contribution in [0.3, 0.4) is 0 Å². The Morgan fingerprint density at radius 1 is 1.25 bits per heavy atom. The molecule has 1 unspecified atom stereocenters. The fourth-order valence-electron chi connectivity index (χ4n) is 2.98. The van der Waals surface area contributed by atoms with Gasteiger partial charge in [-0.15, -0.1) is 0 Å². The van der Waals surface area contributed by atoms with E-state index < -0.39 is 0 Å². The van der Waals surface area contributed by atoms with Gasteiger partial charge in [-0.05, 0) is 42.4 Å². The minimum Gasteiger partial charge on any atom is -0.494 e. The van der Waals surface area contributed by atoms with Crippen LogP contribution in [-0.4, -0.2) is 12.6 Å². The second kappa shape index (κ2) is 7.12. The summed E-state index contributed by atoms with van der Waals surface area (Å²) in [6.07, 6.45) is 6.31. The van der Waals surface area contributed by atoms with Crippen molar-refractivity contribution in [3.8, 4) is 5.75 Å². The fraction of sp³-hybridized carbons (Fsp3) is 0.667. The average molecular weight is 275 g/mol. The molecule has 1 aromatic rings. The Kier molecular flexibility index (Phi) is 5.47. The van der Waals surface area contributed by atoms with Gasteiger partial charge in [0.15, 0.2) is 0 Å². The van der Waals surface area contributed by atoms with Crippen LogP contribution in [-0.2, 0) is 6.54 Å². The maximum atomic E-state index is 5.69. The van der Waals surface area contributed by atoms with Crippen LogP contribution < -0.4 is 10.1 Å². The first-order chi connectivity index (χ1) is 9.62. The van der Waals surface area contributed by atoms with E-state index in [0.717, 1.165) is 25.3 Å². The first-order valence-corrected chi connectivity index (χ1v) is 8.07. The summed E-state index contributed by atoms with van der Waals surface area (Å²) < 4.78 is 5.69. The maximum absolute atomic E-state index is 5.69. The Bertz CT molecular complexity index is 396. The van der Waals surface area contributed by atoms with Gasteiger partial charge in [0.05, 0.1) is 6.61 Å². The van der Waals surface area contributed by atoms with Gasteiger partial charge in [-0.25, -0.2) is 0 Å². The molecule has 0 heterocycles. The Hall–Kier alpha value is -1.02. The van der Waals surface area contributed by atoms with Crippen LogP contribution in [0.25, 0.3) is 0 Å². The highest BCUT2D eigenvalue weighted by molar-refractivity contribution is 5.27. The van der Waals surface area contributed by atoms with E-state index in [-0.39, 0.29) is 0 Å². The summed E-state index contributed by atoms with van der Waals surface area (Å²) >= 11 is 0. The SMILES string of the molecule is CCCCOc1ccc(CNC2CCCC2(C)C)cc1. The molecular weight excluding hydrogens is 246 g/mol. The minimum atomic E-state index is 0.448. The molecule has 1 fully saturated rings. The topological polar surface area (TPSA) is 21.3 Å². The summed E-state index contributed by atoms with van der Waals surface area (Å²) in [7, 11) is 0. The van der Waals surface area contributed by atoms with E-state index >= 15 is 0 Å². The third-order valence-electron chi connectivity index (χ3n) is 4.50. The van der Waals surface area contributed by atoms with Crippen molar-refractivity contribution >= 4 is 0 Å². The molecule has 0 bridgehead atoms. The first-order valence-electron chi connectivity index (χ1n) is 8.07. The van der Waals surface area contributed by atoms with Gasteiger partial charge in [0.2, 0.25) is 0 Å². The van der Waals surface area contributed by atoms with Crippen molar-refractivity contribution in [2.75, 3.05) is 6.61 Å². The lowest BCUT2D eigenvalue weighted by Crippen LogP contribution is -2.37. The van der Waals surface area contributed by atoms with Crippen LogP contribution in [0, 0.1) is 5.41 Å². The van der Waals surface area contributed by atoms with Crippen LogP contribution in [0.4, 0.5) is 0 Å². The average Bonchev–Trinajstić information content (AvgIpc) is 2.77. The Balaban J connectivity index is 1.79. The lowest BCUT2D eigenvalue weighted by atomic mass is 9.87. The number of benzene rings is 1. The molecule has 0 aromatic heterocycles. The third kappa shape index (κ3) is 4.24. The van der Waals surface area contributed by atoms with Gasteiger partial charge >= 0.3 is 0 Å². The highest BCUT2D eigenvalue weighted by atomic mass is 16.5. The van der Waals surface area contributed by atoms with Gasteiger partial charge in [0.1, 0.15) is 5.75 Å². The second-order valence-electron chi connectivity index (χ2n) is 6.66. The lowest BCUT2D eigenvalue weighted by Gasteiger charge is -2.28. The molecule has 1 aliphatic rings. The summed E-state index contributed by atoms with van der Waals surface area (Å²) in [5.74, 6) is 0.989. The molecule has 1 atom stereocenters. The van der Waals surface area contributed by atoms with Gasteiger partial charge in [0.25, 0.3) is 0 Å². The molecule has 20 heavy (non-hydrogen) atoms. The minimum absolute atomic E-state index is 0.448. The summed E-state index contributed by atoms with van der Waals surface area (Å²) in [6, 6.07) is 9.19. The molecule has 0 amide bonds. The summed E-state index contributed by atoms with van der Waals surface area (Å²) in [4.78, 5) is 0. The molecule has 1 N–H and O–H groups in total. The van der Waals surface area contributed by atoms with Crippen molar-refractivity contribution in [1.29, 1.82) is 0 Å². The second-order valence-corrected chi connectivity index (χ2v) is 6.66. The number of nitrogens with one attached hydrogen (secondary N) is 1. The van der Waals surface area contributed by atoms with Crippen molar-refractivity contribution < 1.29 is 4.74 Å². The standard InChI is InChI=1S/C18H29NO/c1-4-5-13-20-16-10-8-15(9-11-16)14-19-17-7-6-12-18(17,2)3/h8-11,17,19H,4-7,12-14H2,1-3H3. The van der Waals surface area contributed by atoms with Crippen molar-refractivity contribution in [1.82, 2.24) is 5.32 Å². The van der Waals surface area contributed by atoms with Crippen molar-refractivity contribution in [2.24, 2.45) is 5.41 Å². The Labute approximate surface area is 123 Å². The van der Waals surface area contributed by atoms with Crippen LogP contribution in [0.2, 0.25) is 0 Å². The van der Waals surface area contributed by atoms with E-state index in [1.807, 2.05) is 0 Å². The van der Waals surface area contributed by atoms with Gasteiger partial charge in [-0.1, -0.05) is 45.7 Å². The number of hydrogen-bond acceptors (Lipinski definition) is 2. The molecule has 112 valence electrons. The maximum Gasteiger partial charge on any atom is 0.119 e. The van der Waals surface area contributed by atoms with Gasteiger partial charge in [-0.3, -0.25) is 0 Å². The van der Waals surface area contributed by atoms with Crippen molar-refractivity contribution in [2.45, 2.75) is 65.5 Å². The Morgan fingerprint density at radius 3 is 2.60 bits per heavy atom.